The summed E-state index contributed by atoms with van der Waals surface area (Å²) < 4.78 is 1.89. The first-order valence-electron chi connectivity index (χ1n) is 4.37. The maximum absolute atomic E-state index is 5.68. The molecule has 0 radical (unpaired) electrons. The van der Waals surface area contributed by atoms with Crippen molar-refractivity contribution in [2.45, 2.75) is 6.92 Å². The average Bonchev–Trinajstić information content (AvgIpc) is 2.57. The lowest BCUT2D eigenvalue weighted by molar-refractivity contribution is 0.913. The summed E-state index contributed by atoms with van der Waals surface area (Å²) in [6, 6.07) is 1.94. The monoisotopic (exact) mass is 188 g/mol. The van der Waals surface area contributed by atoms with Crippen molar-refractivity contribution in [3.8, 4) is 11.4 Å². The second kappa shape index (κ2) is 3.14. The van der Waals surface area contributed by atoms with Crippen molar-refractivity contribution in [2.75, 3.05) is 5.73 Å². The molecule has 0 saturated carbocycles. The van der Waals surface area contributed by atoms with E-state index in [0.717, 1.165) is 17.0 Å². The Morgan fingerprint density at radius 3 is 2.64 bits per heavy atom. The first kappa shape index (κ1) is 8.74. The van der Waals surface area contributed by atoms with Crippen LogP contribution < -0.4 is 5.73 Å². The van der Waals surface area contributed by atoms with Gasteiger partial charge in [0, 0.05) is 13.2 Å². The summed E-state index contributed by atoms with van der Waals surface area (Å²) in [7, 11) is 1.93. The highest BCUT2D eigenvalue weighted by Gasteiger charge is 2.03. The first-order valence-corrected chi connectivity index (χ1v) is 4.37. The van der Waals surface area contributed by atoms with Crippen molar-refractivity contribution in [3.05, 3.63) is 30.4 Å². The lowest BCUT2D eigenvalue weighted by atomic mass is 10.2. The minimum absolute atomic E-state index is 0.713. The fourth-order valence-electron chi connectivity index (χ4n) is 1.25. The van der Waals surface area contributed by atoms with Crippen molar-refractivity contribution in [2.24, 2.45) is 7.05 Å². The van der Waals surface area contributed by atoms with Crippen LogP contribution in [0, 0.1) is 6.92 Å². The van der Waals surface area contributed by atoms with Crippen molar-refractivity contribution >= 4 is 5.69 Å². The fraction of sp³-hybridized carbons (Fsp3) is 0.200. The third-order valence-electron chi connectivity index (χ3n) is 2.12. The van der Waals surface area contributed by atoms with Gasteiger partial charge in [0.1, 0.15) is 5.69 Å². The zero-order chi connectivity index (χ0) is 10.1. The van der Waals surface area contributed by atoms with Crippen LogP contribution in [0.5, 0.6) is 0 Å². The highest BCUT2D eigenvalue weighted by atomic mass is 15.0. The molecule has 2 N–H and O–H groups in total. The fourth-order valence-corrected chi connectivity index (χ4v) is 1.25. The summed E-state index contributed by atoms with van der Waals surface area (Å²) in [5.74, 6) is 0. The number of nitrogens with zero attached hydrogens (tertiary/aromatic N) is 3. The van der Waals surface area contributed by atoms with Gasteiger partial charge in [0.05, 0.1) is 23.9 Å². The molecule has 2 aromatic rings. The van der Waals surface area contributed by atoms with Crippen LogP contribution in [0.4, 0.5) is 5.69 Å². The molecule has 4 heteroatoms. The van der Waals surface area contributed by atoms with E-state index in [2.05, 4.69) is 9.97 Å². The average molecular weight is 188 g/mol. The van der Waals surface area contributed by atoms with Crippen LogP contribution in [0.2, 0.25) is 0 Å². The minimum Gasteiger partial charge on any atom is -0.397 e. The molecule has 0 atom stereocenters. The Balaban J connectivity index is 2.47. The topological polar surface area (TPSA) is 56.7 Å². The lowest BCUT2D eigenvalue weighted by Crippen LogP contribution is -1.92. The molecule has 0 spiro atoms. The molecule has 14 heavy (non-hydrogen) atoms. The molecule has 2 rings (SSSR count). The molecule has 72 valence electrons. The van der Waals surface area contributed by atoms with Crippen LogP contribution in [0.3, 0.4) is 0 Å². The van der Waals surface area contributed by atoms with E-state index in [9.17, 15) is 0 Å². The molecule has 0 amide bonds. The number of nitrogens with two attached hydrogens (primary N) is 1. The van der Waals surface area contributed by atoms with Crippen LogP contribution in [-0.2, 0) is 7.05 Å². The van der Waals surface area contributed by atoms with Gasteiger partial charge >= 0.3 is 0 Å². The van der Waals surface area contributed by atoms with Gasteiger partial charge in [-0.2, -0.15) is 0 Å². The maximum atomic E-state index is 5.68. The Morgan fingerprint density at radius 2 is 2.07 bits per heavy atom. The molecule has 0 aliphatic carbocycles. The summed E-state index contributed by atoms with van der Waals surface area (Å²) in [4.78, 5) is 8.44. The number of hydrogen-bond acceptors (Lipinski definition) is 3. The molecule has 0 aliphatic heterocycles. The summed E-state index contributed by atoms with van der Waals surface area (Å²) in [6.07, 6.45) is 5.35. The van der Waals surface area contributed by atoms with Gasteiger partial charge in [0.2, 0.25) is 0 Å². The van der Waals surface area contributed by atoms with E-state index in [0.29, 0.717) is 5.69 Å². The molecule has 0 unspecified atom stereocenters. The lowest BCUT2D eigenvalue weighted by Gasteiger charge is -2.00. The molecule has 0 fully saturated rings. The van der Waals surface area contributed by atoms with Crippen LogP contribution >= 0.6 is 0 Å². The number of nitrogen functional groups attached to an aromatic ring is 1. The largest absolute Gasteiger partial charge is 0.397 e. The number of pyridine rings is 1. The SMILES string of the molecule is Cc1cc(-c2cn(C)cn2)ncc1N. The van der Waals surface area contributed by atoms with Crippen molar-refractivity contribution in [1.82, 2.24) is 14.5 Å². The molecule has 0 aromatic carbocycles. The van der Waals surface area contributed by atoms with E-state index < -0.39 is 0 Å². The number of anilines is 1. The van der Waals surface area contributed by atoms with Crippen LogP contribution in [0.25, 0.3) is 11.4 Å². The number of aromatic nitrogens is 3. The van der Waals surface area contributed by atoms with Crippen LogP contribution in [0.15, 0.2) is 24.8 Å². The molecule has 4 nitrogen and oxygen atoms in total. The third kappa shape index (κ3) is 1.46. The third-order valence-corrected chi connectivity index (χ3v) is 2.12. The Morgan fingerprint density at radius 1 is 1.29 bits per heavy atom. The molecule has 2 heterocycles. The molecular formula is C10H12N4. The van der Waals surface area contributed by atoms with Gasteiger partial charge in [-0.1, -0.05) is 0 Å². The quantitative estimate of drug-likeness (QED) is 0.735. The Hall–Kier alpha value is -1.84. The second-order valence-corrected chi connectivity index (χ2v) is 3.35. The van der Waals surface area contributed by atoms with E-state index in [-0.39, 0.29) is 0 Å². The van der Waals surface area contributed by atoms with Gasteiger partial charge in [-0.3, -0.25) is 4.98 Å². The van der Waals surface area contributed by atoms with E-state index in [1.807, 2.05) is 30.8 Å². The summed E-state index contributed by atoms with van der Waals surface area (Å²) in [6.45, 7) is 1.96. The molecule has 2 aromatic heterocycles. The molecule has 0 aliphatic rings. The zero-order valence-electron chi connectivity index (χ0n) is 8.23. The normalized spacial score (nSPS) is 10.4. The predicted molar refractivity (Wildman–Crippen MR) is 55.6 cm³/mol. The van der Waals surface area contributed by atoms with E-state index in [1.54, 1.807) is 12.5 Å². The summed E-state index contributed by atoms with van der Waals surface area (Å²) in [5, 5.41) is 0. The maximum Gasteiger partial charge on any atom is 0.107 e. The van der Waals surface area contributed by atoms with Gasteiger partial charge < -0.3 is 10.3 Å². The van der Waals surface area contributed by atoms with Crippen LogP contribution in [-0.4, -0.2) is 14.5 Å². The van der Waals surface area contributed by atoms with E-state index in [1.165, 1.54) is 0 Å². The molecular weight excluding hydrogens is 176 g/mol. The standard InChI is InChI=1S/C10H12N4/c1-7-3-9(12-4-8(7)11)10-5-14(2)6-13-10/h3-6H,11H2,1-2H3. The number of aryl methyl sites for hydroxylation is 2. The summed E-state index contributed by atoms with van der Waals surface area (Å²) in [5.41, 5.74) is 9.15. The van der Waals surface area contributed by atoms with E-state index >= 15 is 0 Å². The second-order valence-electron chi connectivity index (χ2n) is 3.35. The Labute approximate surface area is 82.4 Å². The van der Waals surface area contributed by atoms with Gasteiger partial charge in [-0.15, -0.1) is 0 Å². The summed E-state index contributed by atoms with van der Waals surface area (Å²) >= 11 is 0. The highest BCUT2D eigenvalue weighted by molar-refractivity contribution is 5.58. The minimum atomic E-state index is 0.713. The van der Waals surface area contributed by atoms with Crippen molar-refractivity contribution in [1.29, 1.82) is 0 Å². The van der Waals surface area contributed by atoms with Gasteiger partial charge in [-0.05, 0) is 18.6 Å². The zero-order valence-corrected chi connectivity index (χ0v) is 8.23. The van der Waals surface area contributed by atoms with Gasteiger partial charge in [0.15, 0.2) is 0 Å². The van der Waals surface area contributed by atoms with Crippen molar-refractivity contribution < 1.29 is 0 Å². The Bertz CT molecular complexity index is 459. The highest BCUT2D eigenvalue weighted by Crippen LogP contribution is 2.18. The van der Waals surface area contributed by atoms with Crippen molar-refractivity contribution in [3.63, 3.8) is 0 Å². The predicted octanol–water partition coefficient (Wildman–Crippen LogP) is 1.37. The smallest absolute Gasteiger partial charge is 0.107 e. The number of hydrogen-bond donors (Lipinski definition) is 1. The molecule has 0 saturated heterocycles. The first-order chi connectivity index (χ1) is 6.66. The number of rotatable bonds is 1. The van der Waals surface area contributed by atoms with E-state index in [4.69, 9.17) is 5.73 Å². The Kier molecular flexibility index (Phi) is 1.96. The van der Waals surface area contributed by atoms with Gasteiger partial charge in [0.25, 0.3) is 0 Å². The number of imidazole rings is 1. The van der Waals surface area contributed by atoms with Crippen LogP contribution in [0.1, 0.15) is 5.56 Å². The molecule has 0 bridgehead atoms. The van der Waals surface area contributed by atoms with Gasteiger partial charge in [-0.25, -0.2) is 4.98 Å².